The lowest BCUT2D eigenvalue weighted by atomic mass is 10.1. The Morgan fingerprint density at radius 1 is 1.00 bits per heavy atom. The molecule has 0 unspecified atom stereocenters. The van der Waals surface area contributed by atoms with Gasteiger partial charge in [0.25, 0.3) is 0 Å². The molecule has 6 nitrogen and oxygen atoms in total. The molecule has 0 atom stereocenters. The highest BCUT2D eigenvalue weighted by Gasteiger charge is 2.18. The monoisotopic (exact) mass is 433 g/mol. The Labute approximate surface area is 187 Å². The molecule has 2 N–H and O–H groups in total. The predicted molar refractivity (Wildman–Crippen MR) is 125 cm³/mol. The minimum absolute atomic E-state index is 0.0651. The molecule has 4 aromatic rings. The molecular weight excluding hydrogens is 405 g/mol. The zero-order valence-corrected chi connectivity index (χ0v) is 18.3. The number of unbranched alkanes of at least 4 members (excludes halogenated alkanes) is 4. The van der Waals surface area contributed by atoms with Gasteiger partial charge in [-0.1, -0.05) is 32.6 Å². The molecule has 4 rings (SSSR count). The fourth-order valence-corrected chi connectivity index (χ4v) is 3.74. The minimum atomic E-state index is -0.297. The van der Waals surface area contributed by atoms with Crippen LogP contribution in [0.2, 0.25) is 0 Å². The summed E-state index contributed by atoms with van der Waals surface area (Å²) in [6, 6.07) is 11.8. The van der Waals surface area contributed by atoms with Gasteiger partial charge in [0.05, 0.1) is 23.7 Å². The maximum atomic E-state index is 13.5. The number of pyridine rings is 1. The molecule has 0 aliphatic rings. The van der Waals surface area contributed by atoms with Gasteiger partial charge in [0, 0.05) is 24.5 Å². The van der Waals surface area contributed by atoms with E-state index in [1.807, 2.05) is 28.8 Å². The highest BCUT2D eigenvalue weighted by Crippen LogP contribution is 2.32. The first kappa shape index (κ1) is 21.9. The SMILES string of the molecule is CCCCCCCNc1nccc(-c2c(-c3ccc(F)cc3)nc3cc(CO)ccn23)n1. The Balaban J connectivity index is 1.68. The zero-order valence-electron chi connectivity index (χ0n) is 18.3. The molecule has 166 valence electrons. The number of nitrogens with zero attached hydrogens (tertiary/aromatic N) is 4. The lowest BCUT2D eigenvalue weighted by Gasteiger charge is -2.09. The number of aliphatic hydroxyl groups excluding tert-OH is 1. The highest BCUT2D eigenvalue weighted by atomic mass is 19.1. The van der Waals surface area contributed by atoms with E-state index in [-0.39, 0.29) is 12.4 Å². The molecule has 0 fully saturated rings. The third-order valence-electron chi connectivity index (χ3n) is 5.45. The van der Waals surface area contributed by atoms with Gasteiger partial charge < -0.3 is 10.4 Å². The number of fused-ring (bicyclic) bond motifs is 1. The smallest absolute Gasteiger partial charge is 0.223 e. The Bertz CT molecular complexity index is 1170. The summed E-state index contributed by atoms with van der Waals surface area (Å²) in [6.45, 7) is 2.97. The molecule has 3 heterocycles. The topological polar surface area (TPSA) is 75.3 Å². The van der Waals surface area contributed by atoms with Gasteiger partial charge in [-0.25, -0.2) is 19.3 Å². The highest BCUT2D eigenvalue weighted by molar-refractivity contribution is 5.80. The van der Waals surface area contributed by atoms with Crippen molar-refractivity contribution < 1.29 is 9.50 Å². The van der Waals surface area contributed by atoms with Crippen LogP contribution in [0.3, 0.4) is 0 Å². The number of halogens is 1. The molecule has 0 aliphatic heterocycles. The van der Waals surface area contributed by atoms with Crippen LogP contribution >= 0.6 is 0 Å². The van der Waals surface area contributed by atoms with Crippen LogP contribution in [0.25, 0.3) is 28.3 Å². The predicted octanol–water partition coefficient (Wildman–Crippen LogP) is 5.47. The number of nitrogens with one attached hydrogen (secondary N) is 1. The van der Waals surface area contributed by atoms with Gasteiger partial charge in [0.15, 0.2) is 0 Å². The van der Waals surface area contributed by atoms with E-state index in [0.29, 0.717) is 17.3 Å². The second-order valence-corrected chi connectivity index (χ2v) is 7.84. The molecule has 32 heavy (non-hydrogen) atoms. The molecule has 7 heteroatoms. The molecule has 3 aromatic heterocycles. The number of benzene rings is 1. The van der Waals surface area contributed by atoms with Crippen molar-refractivity contribution in [2.75, 3.05) is 11.9 Å². The van der Waals surface area contributed by atoms with Crippen LogP contribution in [0.4, 0.5) is 10.3 Å². The second-order valence-electron chi connectivity index (χ2n) is 7.84. The number of imidazole rings is 1. The van der Waals surface area contributed by atoms with E-state index in [4.69, 9.17) is 9.97 Å². The molecule has 0 bridgehead atoms. The summed E-state index contributed by atoms with van der Waals surface area (Å²) in [4.78, 5) is 13.9. The van der Waals surface area contributed by atoms with Crippen LogP contribution in [0.1, 0.15) is 44.6 Å². The normalized spacial score (nSPS) is 11.2. The molecule has 0 aliphatic carbocycles. The van der Waals surface area contributed by atoms with Crippen LogP contribution in [0.15, 0.2) is 54.9 Å². The second kappa shape index (κ2) is 10.3. The maximum absolute atomic E-state index is 13.5. The first-order chi connectivity index (χ1) is 15.7. The van der Waals surface area contributed by atoms with Crippen LogP contribution in [0.5, 0.6) is 0 Å². The lowest BCUT2D eigenvalue weighted by Crippen LogP contribution is -2.06. The average Bonchev–Trinajstić information content (AvgIpc) is 3.20. The minimum Gasteiger partial charge on any atom is -0.392 e. The summed E-state index contributed by atoms with van der Waals surface area (Å²) in [5, 5.41) is 12.8. The Morgan fingerprint density at radius 2 is 1.81 bits per heavy atom. The van der Waals surface area contributed by atoms with E-state index in [1.54, 1.807) is 18.3 Å². The third kappa shape index (κ3) is 4.94. The summed E-state index contributed by atoms with van der Waals surface area (Å²) in [5.41, 5.74) is 4.47. The Hall–Kier alpha value is -3.32. The van der Waals surface area contributed by atoms with Crippen molar-refractivity contribution in [3.63, 3.8) is 0 Å². The Kier molecular flexibility index (Phi) is 7.07. The summed E-state index contributed by atoms with van der Waals surface area (Å²) >= 11 is 0. The van der Waals surface area contributed by atoms with Gasteiger partial charge in [0.1, 0.15) is 11.5 Å². The number of hydrogen-bond acceptors (Lipinski definition) is 5. The molecule has 1 aromatic carbocycles. The van der Waals surface area contributed by atoms with E-state index in [2.05, 4.69) is 17.2 Å². The largest absolute Gasteiger partial charge is 0.392 e. The van der Waals surface area contributed by atoms with Crippen LogP contribution < -0.4 is 5.32 Å². The fourth-order valence-electron chi connectivity index (χ4n) is 3.74. The summed E-state index contributed by atoms with van der Waals surface area (Å²) < 4.78 is 15.5. The van der Waals surface area contributed by atoms with Crippen molar-refractivity contribution >= 4 is 11.6 Å². The van der Waals surface area contributed by atoms with Crippen molar-refractivity contribution in [3.8, 4) is 22.6 Å². The first-order valence-electron chi connectivity index (χ1n) is 11.1. The molecular formula is C25H28FN5O. The quantitative estimate of drug-likeness (QED) is 0.324. The lowest BCUT2D eigenvalue weighted by molar-refractivity contribution is 0.282. The first-order valence-corrected chi connectivity index (χ1v) is 11.1. The van der Waals surface area contributed by atoms with E-state index in [9.17, 15) is 9.50 Å². The standard InChI is InChI=1S/C25H28FN5O/c1-2-3-4-5-6-13-27-25-28-14-11-21(29-25)24-23(19-7-9-20(26)10-8-19)30-22-16-18(17-32)12-15-31(22)24/h7-12,14-16,32H,2-6,13,17H2,1H3,(H,27,28,29). The van der Waals surface area contributed by atoms with Gasteiger partial charge in [-0.3, -0.25) is 4.40 Å². The fraction of sp³-hybridized carbons (Fsp3) is 0.320. The molecule has 0 radical (unpaired) electrons. The third-order valence-corrected chi connectivity index (χ3v) is 5.45. The van der Waals surface area contributed by atoms with E-state index in [0.717, 1.165) is 35.5 Å². The number of rotatable bonds is 10. The molecule has 0 saturated carbocycles. The zero-order chi connectivity index (χ0) is 22.3. The molecule has 0 spiro atoms. The van der Waals surface area contributed by atoms with Gasteiger partial charge >= 0.3 is 0 Å². The van der Waals surface area contributed by atoms with Crippen molar-refractivity contribution in [1.82, 2.24) is 19.4 Å². The summed E-state index contributed by atoms with van der Waals surface area (Å²) in [6.07, 6.45) is 9.62. The number of aliphatic hydroxyl groups is 1. The van der Waals surface area contributed by atoms with Crippen molar-refractivity contribution in [2.24, 2.45) is 0 Å². The van der Waals surface area contributed by atoms with Crippen LogP contribution in [-0.2, 0) is 6.61 Å². The number of hydrogen-bond donors (Lipinski definition) is 2. The van der Waals surface area contributed by atoms with Gasteiger partial charge in [-0.05, 0) is 54.4 Å². The van der Waals surface area contributed by atoms with Crippen LogP contribution in [0, 0.1) is 5.82 Å². The molecule has 0 amide bonds. The van der Waals surface area contributed by atoms with Gasteiger partial charge in [-0.2, -0.15) is 0 Å². The van der Waals surface area contributed by atoms with Crippen molar-refractivity contribution in [1.29, 1.82) is 0 Å². The van der Waals surface area contributed by atoms with Crippen molar-refractivity contribution in [2.45, 2.75) is 45.6 Å². The van der Waals surface area contributed by atoms with Gasteiger partial charge in [-0.15, -0.1) is 0 Å². The van der Waals surface area contributed by atoms with Crippen molar-refractivity contribution in [3.05, 3.63) is 66.2 Å². The summed E-state index contributed by atoms with van der Waals surface area (Å²) in [5.74, 6) is 0.277. The van der Waals surface area contributed by atoms with Crippen LogP contribution in [-0.4, -0.2) is 31.0 Å². The number of aromatic nitrogens is 4. The Morgan fingerprint density at radius 3 is 2.59 bits per heavy atom. The molecule has 0 saturated heterocycles. The maximum Gasteiger partial charge on any atom is 0.223 e. The average molecular weight is 434 g/mol. The number of anilines is 1. The van der Waals surface area contributed by atoms with E-state index in [1.165, 1.54) is 37.8 Å². The van der Waals surface area contributed by atoms with Gasteiger partial charge in [0.2, 0.25) is 5.95 Å². The summed E-state index contributed by atoms with van der Waals surface area (Å²) in [7, 11) is 0. The van der Waals surface area contributed by atoms with E-state index >= 15 is 0 Å². The van der Waals surface area contributed by atoms with E-state index < -0.39 is 0 Å².